The molecule has 0 aliphatic rings. The van der Waals surface area contributed by atoms with E-state index in [2.05, 4.69) is 69.4 Å². The molecule has 0 aromatic carbocycles. The molecule has 6 heteroatoms. The van der Waals surface area contributed by atoms with Gasteiger partial charge in [-0.05, 0) is 83.5 Å². The molecule has 0 saturated heterocycles. The van der Waals surface area contributed by atoms with Crippen molar-refractivity contribution in [2.75, 3.05) is 13.2 Å². The van der Waals surface area contributed by atoms with E-state index in [1.165, 1.54) is 250 Å². The predicted octanol–water partition coefficient (Wildman–Crippen LogP) is 24.1. The molecule has 0 aliphatic carbocycles. The molecular weight excluding hydrogens is 973 g/mol. The number of esters is 3. The standard InChI is InChI=1S/C73H134O6/c1-4-7-10-13-16-19-22-25-27-28-29-30-31-32-33-34-35-36-37-38-39-40-41-42-43-44-46-48-51-54-57-60-63-66-72(75)78-69-70(68-77-71(74)65-62-59-56-53-50-47-24-21-18-15-12-9-6-3)79-73(76)67-64-61-58-55-52-49-45-26-23-20-17-14-11-8-5-2/h17,20,22,25-26,28-29,45,70H,4-16,18-19,21,23-24,27,30-44,46-69H2,1-3H3/b20-17-,25-22-,29-28-,45-26-. The van der Waals surface area contributed by atoms with Gasteiger partial charge in [0, 0.05) is 19.3 Å². The highest BCUT2D eigenvalue weighted by Crippen LogP contribution is 2.18. The summed E-state index contributed by atoms with van der Waals surface area (Å²) in [4.78, 5) is 38.3. The van der Waals surface area contributed by atoms with E-state index in [1.807, 2.05) is 0 Å². The lowest BCUT2D eigenvalue weighted by Crippen LogP contribution is -2.30. The summed E-state index contributed by atoms with van der Waals surface area (Å²) < 4.78 is 16.9. The Morgan fingerprint density at radius 3 is 0.722 bits per heavy atom. The van der Waals surface area contributed by atoms with Crippen LogP contribution in [0.5, 0.6) is 0 Å². The first-order valence-electron chi connectivity index (χ1n) is 35.1. The molecule has 0 heterocycles. The zero-order valence-corrected chi connectivity index (χ0v) is 53.2. The Labute approximate surface area is 492 Å². The summed E-state index contributed by atoms with van der Waals surface area (Å²) in [6, 6.07) is 0. The van der Waals surface area contributed by atoms with Gasteiger partial charge in [0.2, 0.25) is 0 Å². The predicted molar refractivity (Wildman–Crippen MR) is 344 cm³/mol. The number of ether oxygens (including phenoxy) is 3. The molecule has 1 atom stereocenters. The zero-order chi connectivity index (χ0) is 57.1. The summed E-state index contributed by atoms with van der Waals surface area (Å²) in [5, 5.41) is 0. The molecule has 0 spiro atoms. The van der Waals surface area contributed by atoms with E-state index < -0.39 is 6.10 Å². The third-order valence-corrected chi connectivity index (χ3v) is 15.8. The van der Waals surface area contributed by atoms with Gasteiger partial charge >= 0.3 is 17.9 Å². The minimum atomic E-state index is -0.777. The molecule has 0 saturated carbocycles. The second-order valence-corrected chi connectivity index (χ2v) is 23.8. The quantitative estimate of drug-likeness (QED) is 0.0261. The van der Waals surface area contributed by atoms with Crippen molar-refractivity contribution in [3.05, 3.63) is 48.6 Å². The summed E-state index contributed by atoms with van der Waals surface area (Å²) >= 11 is 0. The van der Waals surface area contributed by atoms with Crippen molar-refractivity contribution in [2.24, 2.45) is 0 Å². The number of carbonyl (C=O) groups excluding carboxylic acids is 3. The first-order chi connectivity index (χ1) is 39.0. The van der Waals surface area contributed by atoms with Crippen LogP contribution in [0.25, 0.3) is 0 Å². The number of hydrogen-bond donors (Lipinski definition) is 0. The van der Waals surface area contributed by atoms with Crippen LogP contribution < -0.4 is 0 Å². The Balaban J connectivity index is 4.10. The van der Waals surface area contributed by atoms with Gasteiger partial charge in [-0.1, -0.05) is 326 Å². The van der Waals surface area contributed by atoms with Gasteiger partial charge < -0.3 is 14.2 Å². The van der Waals surface area contributed by atoms with E-state index in [0.29, 0.717) is 19.3 Å². The maximum atomic E-state index is 12.9. The van der Waals surface area contributed by atoms with Crippen molar-refractivity contribution in [3.63, 3.8) is 0 Å². The largest absolute Gasteiger partial charge is 0.462 e. The Morgan fingerprint density at radius 1 is 0.253 bits per heavy atom. The SMILES string of the molecule is CCCCC/C=C\C/C=C\CCCCCCCC(=O)OC(COC(=O)CCCCCCCCCCCCCCC)COC(=O)CCCCCCCCCCCCCCCCCCCCCCC/C=C\C/C=C\CCCCCCC. The van der Waals surface area contributed by atoms with Gasteiger partial charge in [0.15, 0.2) is 6.10 Å². The van der Waals surface area contributed by atoms with Crippen molar-refractivity contribution in [2.45, 2.75) is 386 Å². The molecule has 0 amide bonds. The van der Waals surface area contributed by atoms with Crippen molar-refractivity contribution < 1.29 is 28.6 Å². The van der Waals surface area contributed by atoms with Crippen molar-refractivity contribution in [1.29, 1.82) is 0 Å². The minimum Gasteiger partial charge on any atom is -0.462 e. The van der Waals surface area contributed by atoms with Crippen LogP contribution in [0.4, 0.5) is 0 Å². The molecule has 0 aromatic rings. The maximum Gasteiger partial charge on any atom is 0.306 e. The molecule has 0 bridgehead atoms. The van der Waals surface area contributed by atoms with E-state index in [4.69, 9.17) is 14.2 Å². The highest BCUT2D eigenvalue weighted by atomic mass is 16.6. The number of allylic oxidation sites excluding steroid dienone is 8. The monoisotopic (exact) mass is 1110 g/mol. The average molecular weight is 1110 g/mol. The summed E-state index contributed by atoms with van der Waals surface area (Å²) in [5.74, 6) is -0.863. The van der Waals surface area contributed by atoms with Crippen LogP contribution in [0.3, 0.4) is 0 Å². The van der Waals surface area contributed by atoms with Gasteiger partial charge in [0.1, 0.15) is 13.2 Å². The van der Waals surface area contributed by atoms with Crippen molar-refractivity contribution >= 4 is 17.9 Å². The zero-order valence-electron chi connectivity index (χ0n) is 53.2. The Bertz CT molecular complexity index is 1360. The van der Waals surface area contributed by atoms with Crippen LogP contribution in [0.15, 0.2) is 48.6 Å². The molecule has 6 nitrogen and oxygen atoms in total. The molecule has 462 valence electrons. The summed E-state index contributed by atoms with van der Waals surface area (Å²) in [5.41, 5.74) is 0. The van der Waals surface area contributed by atoms with Gasteiger partial charge in [-0.3, -0.25) is 14.4 Å². The molecule has 0 fully saturated rings. The number of rotatable bonds is 65. The fourth-order valence-electron chi connectivity index (χ4n) is 10.5. The molecular formula is C73H134O6. The first-order valence-corrected chi connectivity index (χ1v) is 35.1. The van der Waals surface area contributed by atoms with Gasteiger partial charge in [0.05, 0.1) is 0 Å². The smallest absolute Gasteiger partial charge is 0.306 e. The Hall–Kier alpha value is -2.63. The second kappa shape index (κ2) is 67.9. The Morgan fingerprint density at radius 2 is 0.456 bits per heavy atom. The van der Waals surface area contributed by atoms with Gasteiger partial charge in [0.25, 0.3) is 0 Å². The second-order valence-electron chi connectivity index (χ2n) is 23.8. The van der Waals surface area contributed by atoms with Gasteiger partial charge in [-0.2, -0.15) is 0 Å². The maximum absolute atomic E-state index is 12.9. The molecule has 0 rings (SSSR count). The molecule has 0 aromatic heterocycles. The van der Waals surface area contributed by atoms with E-state index in [9.17, 15) is 14.4 Å². The summed E-state index contributed by atoms with van der Waals surface area (Å²) in [6.07, 6.45) is 85.8. The summed E-state index contributed by atoms with van der Waals surface area (Å²) in [7, 11) is 0. The lowest BCUT2D eigenvalue weighted by molar-refractivity contribution is -0.167. The number of unbranched alkanes of at least 4 members (excludes halogenated alkanes) is 46. The molecule has 79 heavy (non-hydrogen) atoms. The summed E-state index contributed by atoms with van der Waals surface area (Å²) in [6.45, 7) is 6.65. The average Bonchev–Trinajstić information content (AvgIpc) is 3.45. The lowest BCUT2D eigenvalue weighted by Gasteiger charge is -2.18. The minimum absolute atomic E-state index is 0.0734. The fraction of sp³-hybridized carbons (Fsp3) is 0.849. The molecule has 0 N–H and O–H groups in total. The van der Waals surface area contributed by atoms with Crippen LogP contribution in [0, 0.1) is 0 Å². The van der Waals surface area contributed by atoms with Crippen LogP contribution in [-0.2, 0) is 28.6 Å². The lowest BCUT2D eigenvalue weighted by atomic mass is 10.0. The molecule has 1 unspecified atom stereocenters. The Kier molecular flexibility index (Phi) is 65.6. The van der Waals surface area contributed by atoms with Gasteiger partial charge in [-0.15, -0.1) is 0 Å². The highest BCUT2D eigenvalue weighted by molar-refractivity contribution is 5.71. The molecule has 0 aliphatic heterocycles. The first kappa shape index (κ1) is 76.4. The highest BCUT2D eigenvalue weighted by Gasteiger charge is 2.19. The van der Waals surface area contributed by atoms with E-state index in [0.717, 1.165) is 89.9 Å². The normalized spacial score (nSPS) is 12.3. The van der Waals surface area contributed by atoms with Crippen molar-refractivity contribution in [1.82, 2.24) is 0 Å². The van der Waals surface area contributed by atoms with E-state index >= 15 is 0 Å². The van der Waals surface area contributed by atoms with Gasteiger partial charge in [-0.25, -0.2) is 0 Å². The molecule has 0 radical (unpaired) electrons. The fourth-order valence-corrected chi connectivity index (χ4v) is 10.5. The van der Waals surface area contributed by atoms with Crippen LogP contribution >= 0.6 is 0 Å². The third kappa shape index (κ3) is 66.1. The topological polar surface area (TPSA) is 78.9 Å². The van der Waals surface area contributed by atoms with E-state index in [-0.39, 0.29) is 31.1 Å². The van der Waals surface area contributed by atoms with Crippen LogP contribution in [0.1, 0.15) is 380 Å². The number of carbonyl (C=O) groups is 3. The van der Waals surface area contributed by atoms with Crippen LogP contribution in [0.2, 0.25) is 0 Å². The number of hydrogen-bond acceptors (Lipinski definition) is 6. The third-order valence-electron chi connectivity index (χ3n) is 15.8. The van der Waals surface area contributed by atoms with Crippen molar-refractivity contribution in [3.8, 4) is 0 Å². The van der Waals surface area contributed by atoms with E-state index in [1.54, 1.807) is 0 Å². The van der Waals surface area contributed by atoms with Crippen LogP contribution in [-0.4, -0.2) is 37.2 Å².